The van der Waals surface area contributed by atoms with Crippen LogP contribution in [0.4, 0.5) is 5.69 Å². The van der Waals surface area contributed by atoms with Crippen LogP contribution >= 0.6 is 0 Å². The Kier molecular flexibility index (Phi) is 2.60. The van der Waals surface area contributed by atoms with Crippen molar-refractivity contribution in [3.8, 4) is 0 Å². The highest BCUT2D eigenvalue weighted by Gasteiger charge is 2.38. The largest absolute Gasteiger partial charge is 0.396 e. The summed E-state index contributed by atoms with van der Waals surface area (Å²) in [6.07, 6.45) is 2.07. The predicted octanol–water partition coefficient (Wildman–Crippen LogP) is 1.23. The Morgan fingerprint density at radius 2 is 2.24 bits per heavy atom. The van der Waals surface area contributed by atoms with Gasteiger partial charge in [0.15, 0.2) is 0 Å². The normalized spacial score (nSPS) is 21.2. The maximum Gasteiger partial charge on any atom is 0.0570 e. The van der Waals surface area contributed by atoms with Gasteiger partial charge < -0.3 is 14.7 Å². The molecule has 0 radical (unpaired) electrons. The summed E-state index contributed by atoms with van der Waals surface area (Å²) >= 11 is 0. The minimum absolute atomic E-state index is 0.0151. The van der Waals surface area contributed by atoms with E-state index >= 15 is 0 Å². The van der Waals surface area contributed by atoms with Crippen molar-refractivity contribution >= 4 is 5.69 Å². The molecule has 0 atom stereocenters. The van der Waals surface area contributed by atoms with Gasteiger partial charge in [-0.2, -0.15) is 0 Å². The highest BCUT2D eigenvalue weighted by molar-refractivity contribution is 5.58. The number of aliphatic hydroxyl groups excluding tert-OH is 1. The molecule has 1 aromatic rings. The molecule has 3 heteroatoms. The van der Waals surface area contributed by atoms with E-state index in [4.69, 9.17) is 4.74 Å². The van der Waals surface area contributed by atoms with Gasteiger partial charge in [0.25, 0.3) is 0 Å². The van der Waals surface area contributed by atoms with Crippen LogP contribution in [-0.2, 0) is 17.6 Å². The maximum atomic E-state index is 9.45. The Morgan fingerprint density at radius 3 is 2.88 bits per heavy atom. The average molecular weight is 233 g/mol. The van der Waals surface area contributed by atoms with Crippen LogP contribution in [0, 0.1) is 5.41 Å². The van der Waals surface area contributed by atoms with Gasteiger partial charge in [-0.15, -0.1) is 0 Å². The molecule has 0 bridgehead atoms. The SMILES string of the molecule is CN1CCc2cc(CC3(CO)COC3)ccc21. The second-order valence-electron chi connectivity index (χ2n) is 5.46. The number of benzene rings is 1. The van der Waals surface area contributed by atoms with Crippen LogP contribution in [0.25, 0.3) is 0 Å². The van der Waals surface area contributed by atoms with Crippen molar-refractivity contribution in [1.82, 2.24) is 0 Å². The molecular weight excluding hydrogens is 214 g/mol. The fourth-order valence-corrected chi connectivity index (χ4v) is 2.80. The Labute approximate surface area is 102 Å². The van der Waals surface area contributed by atoms with Crippen LogP contribution in [-0.4, -0.2) is 38.5 Å². The first-order valence-electron chi connectivity index (χ1n) is 6.24. The van der Waals surface area contributed by atoms with E-state index in [1.165, 1.54) is 16.8 Å². The molecule has 3 nitrogen and oxygen atoms in total. The molecule has 0 saturated carbocycles. The summed E-state index contributed by atoms with van der Waals surface area (Å²) in [6, 6.07) is 6.70. The van der Waals surface area contributed by atoms with Gasteiger partial charge in [0.2, 0.25) is 0 Å². The number of aliphatic hydroxyl groups is 1. The van der Waals surface area contributed by atoms with Gasteiger partial charge in [-0.05, 0) is 30.0 Å². The summed E-state index contributed by atoms with van der Waals surface area (Å²) in [4.78, 5) is 2.30. The van der Waals surface area contributed by atoms with Crippen LogP contribution in [0.3, 0.4) is 0 Å². The van der Waals surface area contributed by atoms with Crippen molar-refractivity contribution in [2.24, 2.45) is 5.41 Å². The number of rotatable bonds is 3. The van der Waals surface area contributed by atoms with E-state index in [-0.39, 0.29) is 12.0 Å². The van der Waals surface area contributed by atoms with Crippen LogP contribution in [0.15, 0.2) is 18.2 Å². The van der Waals surface area contributed by atoms with Gasteiger partial charge in [-0.3, -0.25) is 0 Å². The summed E-state index contributed by atoms with van der Waals surface area (Å²) in [6.45, 7) is 2.73. The first-order valence-corrected chi connectivity index (χ1v) is 6.24. The van der Waals surface area contributed by atoms with E-state index < -0.39 is 0 Å². The van der Waals surface area contributed by atoms with Gasteiger partial charge in [0, 0.05) is 24.7 Å². The van der Waals surface area contributed by atoms with Gasteiger partial charge in [-0.1, -0.05) is 12.1 Å². The fourth-order valence-electron chi connectivity index (χ4n) is 2.80. The summed E-state index contributed by atoms with van der Waals surface area (Å²) < 4.78 is 5.24. The molecule has 2 heterocycles. The predicted molar refractivity (Wildman–Crippen MR) is 67.5 cm³/mol. The summed E-state index contributed by atoms with van der Waals surface area (Å²) in [7, 11) is 2.14. The van der Waals surface area contributed by atoms with E-state index in [0.717, 1.165) is 19.4 Å². The Balaban J connectivity index is 1.81. The lowest BCUT2D eigenvalue weighted by Crippen LogP contribution is -2.47. The Morgan fingerprint density at radius 1 is 1.41 bits per heavy atom. The highest BCUT2D eigenvalue weighted by atomic mass is 16.5. The van der Waals surface area contributed by atoms with Crippen molar-refractivity contribution in [2.45, 2.75) is 12.8 Å². The van der Waals surface area contributed by atoms with E-state index in [0.29, 0.717) is 13.2 Å². The molecule has 2 aliphatic rings. The number of hydrogen-bond donors (Lipinski definition) is 1. The van der Waals surface area contributed by atoms with E-state index in [1.807, 2.05) is 0 Å². The topological polar surface area (TPSA) is 32.7 Å². The number of anilines is 1. The quantitative estimate of drug-likeness (QED) is 0.852. The minimum Gasteiger partial charge on any atom is -0.396 e. The number of likely N-dealkylation sites (N-methyl/N-ethyl adjacent to an activating group) is 1. The molecule has 0 unspecified atom stereocenters. The van der Waals surface area contributed by atoms with Crippen LogP contribution in [0.5, 0.6) is 0 Å². The Hall–Kier alpha value is -1.06. The minimum atomic E-state index is -0.0151. The molecule has 1 N–H and O–H groups in total. The zero-order valence-electron chi connectivity index (χ0n) is 10.3. The standard InChI is InChI=1S/C14H19NO2/c1-15-5-4-12-6-11(2-3-13(12)15)7-14(8-16)9-17-10-14/h2-3,6,16H,4-5,7-10H2,1H3. The second kappa shape index (κ2) is 4.00. The van der Waals surface area contributed by atoms with Gasteiger partial charge in [0.1, 0.15) is 0 Å². The smallest absolute Gasteiger partial charge is 0.0570 e. The summed E-state index contributed by atoms with van der Waals surface area (Å²) in [5, 5.41) is 9.45. The summed E-state index contributed by atoms with van der Waals surface area (Å²) in [5.41, 5.74) is 4.12. The monoisotopic (exact) mass is 233 g/mol. The number of fused-ring (bicyclic) bond motifs is 1. The lowest BCUT2D eigenvalue weighted by Gasteiger charge is -2.40. The van der Waals surface area contributed by atoms with Crippen LogP contribution in [0.1, 0.15) is 11.1 Å². The van der Waals surface area contributed by atoms with Gasteiger partial charge in [-0.25, -0.2) is 0 Å². The zero-order chi connectivity index (χ0) is 11.9. The third kappa shape index (κ3) is 1.83. The lowest BCUT2D eigenvalue weighted by molar-refractivity contribution is -0.136. The molecule has 3 rings (SSSR count). The second-order valence-corrected chi connectivity index (χ2v) is 5.46. The van der Waals surface area contributed by atoms with E-state index in [2.05, 4.69) is 30.1 Å². The van der Waals surface area contributed by atoms with Gasteiger partial charge >= 0.3 is 0 Å². The fraction of sp³-hybridized carbons (Fsp3) is 0.571. The molecular formula is C14H19NO2. The first kappa shape index (κ1) is 11.1. The third-order valence-corrected chi connectivity index (χ3v) is 4.00. The number of nitrogens with zero attached hydrogens (tertiary/aromatic N) is 1. The van der Waals surface area contributed by atoms with Gasteiger partial charge in [0.05, 0.1) is 19.8 Å². The number of ether oxygens (including phenoxy) is 1. The molecule has 0 amide bonds. The first-order chi connectivity index (χ1) is 8.22. The molecule has 1 aromatic carbocycles. The van der Waals surface area contributed by atoms with Crippen LogP contribution < -0.4 is 4.90 Å². The highest BCUT2D eigenvalue weighted by Crippen LogP contribution is 2.34. The van der Waals surface area contributed by atoms with Crippen molar-refractivity contribution in [2.75, 3.05) is 38.3 Å². The Bertz CT molecular complexity index is 421. The van der Waals surface area contributed by atoms with E-state index in [1.54, 1.807) is 0 Å². The number of hydrogen-bond acceptors (Lipinski definition) is 3. The summed E-state index contributed by atoms with van der Waals surface area (Å²) in [5.74, 6) is 0. The van der Waals surface area contributed by atoms with Crippen LogP contribution in [0.2, 0.25) is 0 Å². The third-order valence-electron chi connectivity index (χ3n) is 4.00. The molecule has 1 saturated heterocycles. The molecule has 92 valence electrons. The van der Waals surface area contributed by atoms with Crippen molar-refractivity contribution < 1.29 is 9.84 Å². The maximum absolute atomic E-state index is 9.45. The van der Waals surface area contributed by atoms with Crippen molar-refractivity contribution in [3.05, 3.63) is 29.3 Å². The molecule has 0 aliphatic carbocycles. The molecule has 0 aromatic heterocycles. The zero-order valence-corrected chi connectivity index (χ0v) is 10.3. The molecule has 0 spiro atoms. The molecule has 2 aliphatic heterocycles. The molecule has 1 fully saturated rings. The van der Waals surface area contributed by atoms with Crippen molar-refractivity contribution in [3.63, 3.8) is 0 Å². The lowest BCUT2D eigenvalue weighted by atomic mass is 9.80. The average Bonchev–Trinajstić information content (AvgIpc) is 2.65. The molecule has 17 heavy (non-hydrogen) atoms. The van der Waals surface area contributed by atoms with E-state index in [9.17, 15) is 5.11 Å². The van der Waals surface area contributed by atoms with Crippen molar-refractivity contribution in [1.29, 1.82) is 0 Å².